The number of allylic oxidation sites excluding steroid dienone is 6. The summed E-state index contributed by atoms with van der Waals surface area (Å²) in [5.74, 6) is -0.0277. The molecule has 0 saturated heterocycles. The van der Waals surface area contributed by atoms with E-state index in [1.807, 2.05) is 0 Å². The summed E-state index contributed by atoms with van der Waals surface area (Å²) in [6.45, 7) is 4.96. The van der Waals surface area contributed by atoms with Gasteiger partial charge in [0.05, 0.1) is 25.4 Å². The third-order valence-corrected chi connectivity index (χ3v) is 16.9. The lowest BCUT2D eigenvalue weighted by Gasteiger charge is -2.22. The first-order valence-corrected chi connectivity index (χ1v) is 36.2. The summed E-state index contributed by atoms with van der Waals surface area (Å²) in [6, 6.07) is -0.545. The molecule has 0 bridgehead atoms. The Morgan fingerprint density at radius 2 is 0.625 bits per heavy atom. The summed E-state index contributed by atoms with van der Waals surface area (Å²) in [5, 5.41) is 23.4. The van der Waals surface area contributed by atoms with E-state index in [1.165, 1.54) is 315 Å². The Balaban J connectivity index is 3.40. The normalized spacial score (nSPS) is 12.7. The van der Waals surface area contributed by atoms with Crippen molar-refractivity contribution in [2.45, 2.75) is 411 Å². The molecule has 0 rings (SSSR count). The van der Waals surface area contributed by atoms with Crippen LogP contribution in [0.15, 0.2) is 36.5 Å². The lowest BCUT2D eigenvalue weighted by atomic mass is 10.0. The number of aliphatic hydroxyl groups excluding tert-OH is 2. The molecule has 6 nitrogen and oxygen atoms in total. The summed E-state index contributed by atoms with van der Waals surface area (Å²) in [6.07, 6.45) is 89.1. The van der Waals surface area contributed by atoms with Gasteiger partial charge in [0.1, 0.15) is 0 Å². The topological polar surface area (TPSA) is 95.9 Å². The number of ether oxygens (including phenoxy) is 1. The third-order valence-electron chi connectivity index (χ3n) is 16.9. The highest BCUT2D eigenvalue weighted by Gasteiger charge is 2.20. The van der Waals surface area contributed by atoms with E-state index in [0.717, 1.165) is 51.4 Å². The Bertz CT molecular complexity index is 1300. The molecule has 80 heavy (non-hydrogen) atoms. The number of unbranched alkanes of at least 4 members (excludes halogenated alkanes) is 51. The number of amides is 1. The van der Waals surface area contributed by atoms with Crippen LogP contribution in [0.2, 0.25) is 0 Å². The second-order valence-corrected chi connectivity index (χ2v) is 24.9. The first kappa shape index (κ1) is 78.1. The van der Waals surface area contributed by atoms with Crippen molar-refractivity contribution in [3.8, 4) is 0 Å². The average Bonchev–Trinajstić information content (AvgIpc) is 3.46. The Kier molecular flexibility index (Phi) is 67.9. The number of carbonyl (C=O) groups excluding carboxylic acids is 2. The van der Waals surface area contributed by atoms with Gasteiger partial charge in [-0.2, -0.15) is 0 Å². The Morgan fingerprint density at radius 3 is 0.988 bits per heavy atom. The Labute approximate surface area is 500 Å². The molecular weight excluding hydrogens is 983 g/mol. The van der Waals surface area contributed by atoms with E-state index in [0.29, 0.717) is 25.9 Å². The summed E-state index contributed by atoms with van der Waals surface area (Å²) in [5.41, 5.74) is 0. The van der Waals surface area contributed by atoms with Gasteiger partial charge >= 0.3 is 5.97 Å². The van der Waals surface area contributed by atoms with Gasteiger partial charge in [-0.3, -0.25) is 9.59 Å². The zero-order chi connectivity index (χ0) is 57.8. The summed E-state index contributed by atoms with van der Waals surface area (Å²) >= 11 is 0. The Morgan fingerprint density at radius 1 is 0.350 bits per heavy atom. The molecule has 0 aliphatic carbocycles. The minimum absolute atomic E-state index is 0.00637. The number of rotatable bonds is 68. The Hall–Kier alpha value is -1.92. The molecule has 0 aliphatic heterocycles. The van der Waals surface area contributed by atoms with Gasteiger partial charge in [0, 0.05) is 12.8 Å². The van der Waals surface area contributed by atoms with Crippen molar-refractivity contribution >= 4 is 11.9 Å². The zero-order valence-electron chi connectivity index (χ0n) is 54.1. The van der Waals surface area contributed by atoms with Gasteiger partial charge in [0.2, 0.25) is 5.91 Å². The lowest BCUT2D eigenvalue weighted by molar-refractivity contribution is -0.143. The van der Waals surface area contributed by atoms with Crippen LogP contribution < -0.4 is 5.32 Å². The molecule has 0 saturated carbocycles. The van der Waals surface area contributed by atoms with Crippen molar-refractivity contribution in [2.24, 2.45) is 0 Å². The smallest absolute Gasteiger partial charge is 0.305 e. The van der Waals surface area contributed by atoms with Gasteiger partial charge in [-0.15, -0.1) is 0 Å². The molecule has 0 spiro atoms. The second kappa shape index (κ2) is 69.6. The van der Waals surface area contributed by atoms with Crippen molar-refractivity contribution < 1.29 is 24.5 Å². The molecule has 2 atom stereocenters. The summed E-state index contributed by atoms with van der Waals surface area (Å²) < 4.78 is 5.50. The number of aliphatic hydroxyl groups is 2. The highest BCUT2D eigenvalue weighted by atomic mass is 16.5. The minimum Gasteiger partial charge on any atom is -0.466 e. The minimum atomic E-state index is -0.668. The molecule has 0 aromatic carbocycles. The fraction of sp³-hybridized carbons (Fsp3) is 0.892. The molecule has 6 heteroatoms. The number of hydrogen-bond donors (Lipinski definition) is 3. The highest BCUT2D eigenvalue weighted by Crippen LogP contribution is 2.19. The fourth-order valence-corrected chi connectivity index (χ4v) is 11.4. The van der Waals surface area contributed by atoms with Gasteiger partial charge in [0.25, 0.3) is 0 Å². The number of esters is 1. The first-order chi connectivity index (χ1) is 39.5. The van der Waals surface area contributed by atoms with Crippen LogP contribution in [0.4, 0.5) is 0 Å². The lowest BCUT2D eigenvalue weighted by Crippen LogP contribution is -2.45. The quantitative estimate of drug-likeness (QED) is 0.0320. The van der Waals surface area contributed by atoms with E-state index >= 15 is 0 Å². The maximum atomic E-state index is 12.5. The van der Waals surface area contributed by atoms with E-state index in [-0.39, 0.29) is 18.5 Å². The molecule has 0 radical (unpaired) electrons. The molecule has 3 N–H and O–H groups in total. The van der Waals surface area contributed by atoms with E-state index in [9.17, 15) is 19.8 Å². The van der Waals surface area contributed by atoms with Crippen LogP contribution in [0.3, 0.4) is 0 Å². The van der Waals surface area contributed by atoms with E-state index in [2.05, 4.69) is 55.6 Å². The largest absolute Gasteiger partial charge is 0.466 e. The van der Waals surface area contributed by atoms with E-state index in [1.54, 1.807) is 0 Å². The molecule has 0 fully saturated rings. The number of nitrogens with one attached hydrogen (secondary N) is 1. The predicted octanol–water partition coefficient (Wildman–Crippen LogP) is 23.5. The highest BCUT2D eigenvalue weighted by molar-refractivity contribution is 5.76. The number of hydrogen-bond acceptors (Lipinski definition) is 5. The van der Waals surface area contributed by atoms with Crippen LogP contribution in [0.5, 0.6) is 0 Å². The maximum Gasteiger partial charge on any atom is 0.305 e. The van der Waals surface area contributed by atoms with Crippen LogP contribution in [-0.2, 0) is 14.3 Å². The molecular formula is C74H141NO5. The van der Waals surface area contributed by atoms with E-state index < -0.39 is 12.1 Å². The average molecular weight is 1120 g/mol. The zero-order valence-corrected chi connectivity index (χ0v) is 54.1. The van der Waals surface area contributed by atoms with Crippen molar-refractivity contribution in [3.05, 3.63) is 36.5 Å². The fourth-order valence-electron chi connectivity index (χ4n) is 11.4. The molecule has 2 unspecified atom stereocenters. The molecule has 0 heterocycles. The van der Waals surface area contributed by atoms with Gasteiger partial charge in [0.15, 0.2) is 0 Å². The predicted molar refractivity (Wildman–Crippen MR) is 352 cm³/mol. The van der Waals surface area contributed by atoms with Crippen LogP contribution in [-0.4, -0.2) is 47.4 Å². The van der Waals surface area contributed by atoms with Crippen LogP contribution in [0.25, 0.3) is 0 Å². The van der Waals surface area contributed by atoms with Gasteiger partial charge in [-0.05, 0) is 83.5 Å². The van der Waals surface area contributed by atoms with Gasteiger partial charge in [-0.25, -0.2) is 0 Å². The summed E-state index contributed by atoms with van der Waals surface area (Å²) in [4.78, 5) is 24.6. The van der Waals surface area contributed by atoms with Crippen molar-refractivity contribution in [3.63, 3.8) is 0 Å². The van der Waals surface area contributed by atoms with E-state index in [4.69, 9.17) is 4.74 Å². The molecule has 0 aromatic heterocycles. The monoisotopic (exact) mass is 1120 g/mol. The van der Waals surface area contributed by atoms with Gasteiger partial charge in [-0.1, -0.05) is 339 Å². The third kappa shape index (κ3) is 65.2. The van der Waals surface area contributed by atoms with Gasteiger partial charge < -0.3 is 20.3 Å². The molecule has 472 valence electrons. The molecule has 1 amide bonds. The van der Waals surface area contributed by atoms with Crippen molar-refractivity contribution in [1.82, 2.24) is 5.32 Å². The SMILES string of the molecule is CCCCC/C=C\C/C=C\CCCCCCCCCC(=O)OCCCCCCCCCCCCCC/C=C\CCCCCCCCCCCC(=O)NC(CO)C(O)CCCCCCCCCCCCCCCCCCCCCCC. The maximum absolute atomic E-state index is 12.5. The van der Waals surface area contributed by atoms with Crippen LogP contribution in [0.1, 0.15) is 399 Å². The first-order valence-electron chi connectivity index (χ1n) is 36.2. The standard InChI is InChI=1S/C74H141NO5/c1-3-5-7-9-11-13-15-17-19-21-22-28-31-35-38-42-46-50-54-58-62-66-72(77)71(70-76)75-73(78)67-63-59-55-51-47-43-39-36-32-29-26-24-23-25-27-30-33-37-41-45-49-53-57-61-65-69-80-74(79)68-64-60-56-52-48-44-40-34-20-18-16-14-12-10-8-6-4-2/h12,14,18,20,24,26,71-72,76-77H,3-11,13,15-17,19,21-23,25,27-70H2,1-2H3,(H,75,78)/b14-12-,20-18-,26-24-. The van der Waals surface area contributed by atoms with Crippen molar-refractivity contribution in [1.29, 1.82) is 0 Å². The molecule has 0 aromatic rings. The van der Waals surface area contributed by atoms with Crippen molar-refractivity contribution in [2.75, 3.05) is 13.2 Å². The summed E-state index contributed by atoms with van der Waals surface area (Å²) in [7, 11) is 0. The number of carbonyl (C=O) groups is 2. The van der Waals surface area contributed by atoms with Crippen LogP contribution >= 0.6 is 0 Å². The second-order valence-electron chi connectivity index (χ2n) is 24.9. The van der Waals surface area contributed by atoms with Crippen LogP contribution in [0, 0.1) is 0 Å². The molecule has 0 aliphatic rings.